The fraction of sp³-hybridized carbons (Fsp3) is 0.750. The van der Waals surface area contributed by atoms with Gasteiger partial charge in [0.15, 0.2) is 11.7 Å². The van der Waals surface area contributed by atoms with Crippen molar-refractivity contribution in [1.29, 1.82) is 5.26 Å². The van der Waals surface area contributed by atoms with Gasteiger partial charge in [-0.2, -0.15) is 10.5 Å². The SMILES string of the molecule is CC.CCC(C)(C)CC[C@@H](C)CC(c1ccc(C(O)NCc2nn[nH]n2)cc1)N1C(=O)C(N2CCCC(C#N)C2)=NC12CCC(C(C)(C)C)CC2. The van der Waals surface area contributed by atoms with Crippen LogP contribution in [0.25, 0.3) is 0 Å². The van der Waals surface area contributed by atoms with Gasteiger partial charge in [-0.15, -0.1) is 10.2 Å². The molecule has 3 unspecified atom stereocenters. The number of rotatable bonds is 12. The second kappa shape index (κ2) is 17.4. The summed E-state index contributed by atoms with van der Waals surface area (Å²) in [6.45, 7) is 21.8. The molecule has 1 saturated heterocycles. The molecule has 1 aromatic carbocycles. The first-order valence-electron chi connectivity index (χ1n) is 19.6. The number of aliphatic imine (C=N–C) groups is 1. The van der Waals surface area contributed by atoms with Crippen molar-refractivity contribution in [3.8, 4) is 6.07 Å². The number of amidine groups is 1. The number of hydrogen-bond donors (Lipinski definition) is 3. The monoisotopic (exact) mass is 704 g/mol. The van der Waals surface area contributed by atoms with E-state index in [4.69, 9.17) is 4.99 Å². The lowest BCUT2D eigenvalue weighted by Crippen LogP contribution is -2.53. The summed E-state index contributed by atoms with van der Waals surface area (Å²) in [6, 6.07) is 10.3. The predicted molar refractivity (Wildman–Crippen MR) is 202 cm³/mol. The zero-order valence-corrected chi connectivity index (χ0v) is 32.9. The van der Waals surface area contributed by atoms with Gasteiger partial charge in [-0.1, -0.05) is 105 Å². The minimum atomic E-state index is -0.907. The van der Waals surface area contributed by atoms with Gasteiger partial charge in [0, 0.05) is 13.1 Å². The van der Waals surface area contributed by atoms with E-state index in [2.05, 4.69) is 102 Å². The molecule has 2 aromatic rings. The summed E-state index contributed by atoms with van der Waals surface area (Å²) in [7, 11) is 0. The number of amides is 1. The molecule has 1 amide bonds. The quantitative estimate of drug-likeness (QED) is 0.191. The highest BCUT2D eigenvalue weighted by atomic mass is 16.3. The summed E-state index contributed by atoms with van der Waals surface area (Å²) in [5.74, 6) is 1.90. The second-order valence-corrected chi connectivity index (χ2v) is 16.8. The Labute approximate surface area is 307 Å². The number of H-pyrrole nitrogens is 1. The van der Waals surface area contributed by atoms with Crippen molar-refractivity contribution in [2.24, 2.45) is 33.6 Å². The van der Waals surface area contributed by atoms with E-state index in [1.807, 2.05) is 26.0 Å². The molecule has 3 N–H and O–H groups in total. The first kappa shape index (κ1) is 40.4. The summed E-state index contributed by atoms with van der Waals surface area (Å²) in [5, 5.41) is 37.7. The Morgan fingerprint density at radius 3 is 2.35 bits per heavy atom. The number of aliphatic hydroxyl groups is 1. The zero-order chi connectivity index (χ0) is 37.4. The van der Waals surface area contributed by atoms with E-state index in [9.17, 15) is 15.2 Å². The van der Waals surface area contributed by atoms with Crippen LogP contribution in [-0.2, 0) is 11.3 Å². The fourth-order valence-electron chi connectivity index (χ4n) is 7.97. The van der Waals surface area contributed by atoms with Crippen LogP contribution in [0.2, 0.25) is 0 Å². The number of aliphatic hydroxyl groups excluding tert-OH is 1. The summed E-state index contributed by atoms with van der Waals surface area (Å²) in [4.78, 5) is 24.6. The lowest BCUT2D eigenvalue weighted by Gasteiger charge is -2.47. The molecule has 3 aliphatic rings. The average molecular weight is 704 g/mol. The number of likely N-dealkylation sites (tertiary alicyclic amines) is 1. The molecule has 1 spiro atoms. The van der Waals surface area contributed by atoms with Crippen molar-refractivity contribution in [2.45, 2.75) is 151 Å². The number of benzene rings is 1. The Hall–Kier alpha value is -3.36. The molecular formula is C40H65N9O2. The van der Waals surface area contributed by atoms with Gasteiger partial charge in [-0.25, -0.2) is 4.99 Å². The largest absolute Gasteiger partial charge is 0.374 e. The normalized spacial score (nSPS) is 24.4. The van der Waals surface area contributed by atoms with E-state index in [-0.39, 0.29) is 35.2 Å². The number of aromatic nitrogens is 4. The number of nitrogens with zero attached hydrogens (tertiary/aromatic N) is 7. The molecule has 2 fully saturated rings. The summed E-state index contributed by atoms with van der Waals surface area (Å²) in [6.07, 6.45) is 8.75. The van der Waals surface area contributed by atoms with Gasteiger partial charge in [0.1, 0.15) is 11.9 Å². The molecule has 0 radical (unpaired) electrons. The maximum Gasteiger partial charge on any atom is 0.291 e. The van der Waals surface area contributed by atoms with Crippen LogP contribution >= 0.6 is 0 Å². The molecule has 11 heteroatoms. The highest BCUT2D eigenvalue weighted by molar-refractivity contribution is 6.39. The van der Waals surface area contributed by atoms with Crippen molar-refractivity contribution < 1.29 is 9.90 Å². The van der Waals surface area contributed by atoms with Gasteiger partial charge in [0.05, 0.1) is 24.6 Å². The van der Waals surface area contributed by atoms with Gasteiger partial charge in [0.2, 0.25) is 0 Å². The Morgan fingerprint density at radius 1 is 1.10 bits per heavy atom. The molecule has 4 atom stereocenters. The fourth-order valence-corrected chi connectivity index (χ4v) is 7.97. The van der Waals surface area contributed by atoms with Crippen molar-refractivity contribution in [2.75, 3.05) is 13.1 Å². The average Bonchev–Trinajstić information content (AvgIpc) is 3.75. The summed E-state index contributed by atoms with van der Waals surface area (Å²) >= 11 is 0. The third kappa shape index (κ3) is 9.95. The molecule has 51 heavy (non-hydrogen) atoms. The maximum atomic E-state index is 14.9. The van der Waals surface area contributed by atoms with Crippen molar-refractivity contribution in [3.63, 3.8) is 0 Å². The Bertz CT molecular complexity index is 1450. The molecular weight excluding hydrogens is 639 g/mol. The van der Waals surface area contributed by atoms with Crippen LogP contribution in [-0.4, -0.2) is 66.0 Å². The van der Waals surface area contributed by atoms with Crippen molar-refractivity contribution in [1.82, 2.24) is 35.7 Å². The van der Waals surface area contributed by atoms with E-state index in [1.165, 1.54) is 0 Å². The van der Waals surface area contributed by atoms with Gasteiger partial charge in [-0.3, -0.25) is 10.1 Å². The molecule has 1 aromatic heterocycles. The molecule has 5 rings (SSSR count). The van der Waals surface area contributed by atoms with Crippen LogP contribution in [0.4, 0.5) is 0 Å². The van der Waals surface area contributed by atoms with E-state index in [0.29, 0.717) is 30.0 Å². The third-order valence-corrected chi connectivity index (χ3v) is 11.8. The molecule has 1 saturated carbocycles. The van der Waals surface area contributed by atoms with Crippen LogP contribution in [0.5, 0.6) is 0 Å². The van der Waals surface area contributed by atoms with E-state index in [1.54, 1.807) is 0 Å². The van der Waals surface area contributed by atoms with Gasteiger partial charge in [-0.05, 0) is 85.2 Å². The van der Waals surface area contributed by atoms with Crippen molar-refractivity contribution in [3.05, 3.63) is 41.2 Å². The number of hydrogen-bond acceptors (Lipinski definition) is 9. The van der Waals surface area contributed by atoms with Gasteiger partial charge >= 0.3 is 0 Å². The molecule has 1 aliphatic carbocycles. The van der Waals surface area contributed by atoms with Crippen LogP contribution < -0.4 is 5.32 Å². The first-order valence-corrected chi connectivity index (χ1v) is 19.6. The number of aromatic amines is 1. The third-order valence-electron chi connectivity index (χ3n) is 11.8. The second-order valence-electron chi connectivity index (χ2n) is 16.8. The zero-order valence-electron chi connectivity index (χ0n) is 32.9. The van der Waals surface area contributed by atoms with Crippen LogP contribution in [0.1, 0.15) is 156 Å². The predicted octanol–water partition coefficient (Wildman–Crippen LogP) is 7.70. The number of piperidine rings is 1. The first-order chi connectivity index (χ1) is 24.2. The Morgan fingerprint density at radius 2 is 1.76 bits per heavy atom. The minimum Gasteiger partial charge on any atom is -0.374 e. The molecule has 11 nitrogen and oxygen atoms in total. The highest BCUT2D eigenvalue weighted by Gasteiger charge is 2.54. The smallest absolute Gasteiger partial charge is 0.291 e. The van der Waals surface area contributed by atoms with Crippen LogP contribution in [0.3, 0.4) is 0 Å². The maximum absolute atomic E-state index is 14.9. The van der Waals surface area contributed by atoms with E-state index >= 15 is 0 Å². The standard InChI is InChI=1S/C38H59N9O2.C2H6/c1-8-37(6,7)18-15-26(2)22-31(28-11-13-29(14-12-28)34(48)40-24-32-42-44-45-43-32)47-35(49)33(46-21-9-10-27(23-39)25-46)41-38(47)19-16-30(17-20-38)36(3,4)5;1-2/h11-14,26-27,30-31,34,40,48H,8-10,15-22,24-25H2,1-7H3,(H,42,43,44,45);1-2H3/t26-,27?,30?,31?,34?,38?;/m1./s1. The van der Waals surface area contributed by atoms with E-state index < -0.39 is 11.9 Å². The van der Waals surface area contributed by atoms with Gasteiger partial charge in [0.25, 0.3) is 5.91 Å². The number of carbonyl (C=O) groups excluding carboxylic acids is 1. The van der Waals surface area contributed by atoms with E-state index in [0.717, 1.165) is 81.9 Å². The lowest BCUT2D eigenvalue weighted by atomic mass is 9.69. The number of nitrogens with one attached hydrogen (secondary N) is 2. The highest BCUT2D eigenvalue weighted by Crippen LogP contribution is 2.50. The van der Waals surface area contributed by atoms with Gasteiger partial charge < -0.3 is 14.9 Å². The van der Waals surface area contributed by atoms with Crippen LogP contribution in [0.15, 0.2) is 29.3 Å². The molecule has 282 valence electrons. The molecule has 0 bridgehead atoms. The van der Waals surface area contributed by atoms with Crippen molar-refractivity contribution >= 4 is 11.7 Å². The Balaban J connectivity index is 0.00000286. The number of tetrazole rings is 1. The summed E-state index contributed by atoms with van der Waals surface area (Å²) in [5.41, 5.74) is 1.65. The molecule has 3 heterocycles. The number of nitriles is 1. The van der Waals surface area contributed by atoms with Crippen LogP contribution in [0, 0.1) is 39.9 Å². The Kier molecular flexibility index (Phi) is 13.8. The number of carbonyl (C=O) groups is 1. The summed E-state index contributed by atoms with van der Waals surface area (Å²) < 4.78 is 0. The molecule has 2 aliphatic heterocycles. The topological polar surface area (TPSA) is 146 Å². The lowest BCUT2D eigenvalue weighted by molar-refractivity contribution is -0.134. The minimum absolute atomic E-state index is 0.00442.